The summed E-state index contributed by atoms with van der Waals surface area (Å²) in [5.74, 6) is 0.839. The zero-order valence-electron chi connectivity index (χ0n) is 17.0. The van der Waals surface area contributed by atoms with Gasteiger partial charge in [0.05, 0.1) is 6.54 Å². The van der Waals surface area contributed by atoms with Gasteiger partial charge in [-0.1, -0.05) is 61.9 Å². The number of aromatic nitrogens is 3. The number of halogens is 1. The van der Waals surface area contributed by atoms with E-state index in [0.29, 0.717) is 0 Å². The third-order valence-corrected chi connectivity index (χ3v) is 4.59. The molecular formula is C22H29IN6. The van der Waals surface area contributed by atoms with Gasteiger partial charge in [0.2, 0.25) is 0 Å². The molecule has 0 aliphatic heterocycles. The molecule has 0 fully saturated rings. The SMILES string of the molecule is CCCCNC(=NC)NCc1ccccc1-c1ccc(Cn2cncn2)cc1.I. The van der Waals surface area contributed by atoms with Gasteiger partial charge in [-0.05, 0) is 28.7 Å². The summed E-state index contributed by atoms with van der Waals surface area (Å²) in [6, 6.07) is 17.1. The summed E-state index contributed by atoms with van der Waals surface area (Å²) in [6.07, 6.45) is 5.59. The van der Waals surface area contributed by atoms with E-state index >= 15 is 0 Å². The number of guanidine groups is 1. The van der Waals surface area contributed by atoms with E-state index in [9.17, 15) is 0 Å². The van der Waals surface area contributed by atoms with Crippen LogP contribution in [0.25, 0.3) is 11.1 Å². The molecule has 3 rings (SSSR count). The van der Waals surface area contributed by atoms with Gasteiger partial charge in [-0.25, -0.2) is 9.67 Å². The van der Waals surface area contributed by atoms with Gasteiger partial charge in [-0.3, -0.25) is 4.99 Å². The molecule has 2 aromatic carbocycles. The molecule has 0 spiro atoms. The van der Waals surface area contributed by atoms with Crippen LogP contribution in [0.1, 0.15) is 30.9 Å². The Bertz CT molecular complexity index is 875. The monoisotopic (exact) mass is 504 g/mol. The van der Waals surface area contributed by atoms with Crippen molar-refractivity contribution < 1.29 is 0 Å². The minimum absolute atomic E-state index is 0. The molecule has 0 atom stereocenters. The van der Waals surface area contributed by atoms with Crippen LogP contribution in [0.3, 0.4) is 0 Å². The number of unbranched alkanes of at least 4 members (excludes halogenated alkanes) is 1. The van der Waals surface area contributed by atoms with Crippen LogP contribution >= 0.6 is 24.0 Å². The molecule has 7 heteroatoms. The molecule has 1 heterocycles. The maximum absolute atomic E-state index is 4.31. The maximum atomic E-state index is 4.31. The molecule has 1 aromatic heterocycles. The van der Waals surface area contributed by atoms with Crippen LogP contribution in [0.2, 0.25) is 0 Å². The standard InChI is InChI=1S/C22H28N6.HI/c1-3-4-13-25-22(23-2)26-14-20-7-5-6-8-21(20)19-11-9-18(10-12-19)15-28-17-24-16-27-28;/h5-12,16-17H,3-4,13-15H2,1-2H3,(H2,23,25,26);1H. The number of aliphatic imine (C=N–C) groups is 1. The van der Waals surface area contributed by atoms with Crippen molar-refractivity contribution in [1.82, 2.24) is 25.4 Å². The lowest BCUT2D eigenvalue weighted by Crippen LogP contribution is -2.37. The summed E-state index contributed by atoms with van der Waals surface area (Å²) in [6.45, 7) is 4.57. The zero-order chi connectivity index (χ0) is 19.6. The molecule has 0 unspecified atom stereocenters. The van der Waals surface area contributed by atoms with Crippen molar-refractivity contribution >= 4 is 29.9 Å². The summed E-state index contributed by atoms with van der Waals surface area (Å²) in [7, 11) is 1.81. The predicted molar refractivity (Wildman–Crippen MR) is 130 cm³/mol. The van der Waals surface area contributed by atoms with E-state index in [1.54, 1.807) is 19.7 Å². The number of hydrogen-bond donors (Lipinski definition) is 2. The Kier molecular flexibility index (Phi) is 9.63. The summed E-state index contributed by atoms with van der Waals surface area (Å²) in [5.41, 5.74) is 4.87. The van der Waals surface area contributed by atoms with Crippen LogP contribution in [0.5, 0.6) is 0 Å². The van der Waals surface area contributed by atoms with E-state index in [0.717, 1.165) is 32.0 Å². The number of nitrogens with zero attached hydrogens (tertiary/aromatic N) is 4. The third-order valence-electron chi connectivity index (χ3n) is 4.59. The molecule has 0 aliphatic rings. The number of hydrogen-bond acceptors (Lipinski definition) is 3. The Hall–Kier alpha value is -2.42. The largest absolute Gasteiger partial charge is 0.356 e. The van der Waals surface area contributed by atoms with Gasteiger partial charge in [-0.15, -0.1) is 24.0 Å². The lowest BCUT2D eigenvalue weighted by molar-refractivity contribution is 0.685. The second-order valence-corrected chi connectivity index (χ2v) is 6.65. The Balaban J connectivity index is 0.00000300. The molecule has 0 radical (unpaired) electrons. The molecular weight excluding hydrogens is 475 g/mol. The molecule has 2 N–H and O–H groups in total. The van der Waals surface area contributed by atoms with E-state index in [1.807, 2.05) is 4.68 Å². The van der Waals surface area contributed by atoms with Gasteiger partial charge in [0, 0.05) is 20.1 Å². The first-order valence-corrected chi connectivity index (χ1v) is 9.74. The highest BCUT2D eigenvalue weighted by Crippen LogP contribution is 2.24. The minimum Gasteiger partial charge on any atom is -0.356 e. The number of benzene rings is 2. The van der Waals surface area contributed by atoms with Crippen molar-refractivity contribution in [3.05, 3.63) is 72.3 Å². The highest BCUT2D eigenvalue weighted by atomic mass is 127. The van der Waals surface area contributed by atoms with Gasteiger partial charge in [-0.2, -0.15) is 5.10 Å². The smallest absolute Gasteiger partial charge is 0.191 e. The quantitative estimate of drug-likeness (QED) is 0.210. The van der Waals surface area contributed by atoms with Crippen molar-refractivity contribution in [2.24, 2.45) is 4.99 Å². The van der Waals surface area contributed by atoms with Crippen molar-refractivity contribution in [3.63, 3.8) is 0 Å². The zero-order valence-corrected chi connectivity index (χ0v) is 19.3. The molecule has 0 bridgehead atoms. The average Bonchev–Trinajstić information content (AvgIpc) is 3.24. The van der Waals surface area contributed by atoms with Crippen LogP contribution in [0.15, 0.2) is 66.2 Å². The second kappa shape index (κ2) is 12.2. The topological polar surface area (TPSA) is 67.1 Å². The van der Waals surface area contributed by atoms with Crippen LogP contribution in [-0.4, -0.2) is 34.3 Å². The average molecular weight is 504 g/mol. The van der Waals surface area contributed by atoms with Crippen LogP contribution < -0.4 is 10.6 Å². The van der Waals surface area contributed by atoms with E-state index in [4.69, 9.17) is 0 Å². The normalized spacial score (nSPS) is 11.0. The van der Waals surface area contributed by atoms with E-state index in [1.165, 1.54) is 28.7 Å². The fraction of sp³-hybridized carbons (Fsp3) is 0.318. The van der Waals surface area contributed by atoms with Crippen LogP contribution in [0.4, 0.5) is 0 Å². The molecule has 0 aliphatic carbocycles. The molecule has 0 saturated carbocycles. The minimum atomic E-state index is 0. The molecule has 3 aromatic rings. The van der Waals surface area contributed by atoms with Gasteiger partial charge in [0.25, 0.3) is 0 Å². The van der Waals surface area contributed by atoms with Gasteiger partial charge >= 0.3 is 0 Å². The van der Waals surface area contributed by atoms with Crippen molar-refractivity contribution in [3.8, 4) is 11.1 Å². The van der Waals surface area contributed by atoms with E-state index in [2.05, 4.69) is 81.2 Å². The third kappa shape index (κ3) is 6.85. The fourth-order valence-corrected chi connectivity index (χ4v) is 3.03. The first-order valence-electron chi connectivity index (χ1n) is 9.74. The van der Waals surface area contributed by atoms with Gasteiger partial charge in [0.1, 0.15) is 12.7 Å². The summed E-state index contributed by atoms with van der Waals surface area (Å²) < 4.78 is 1.82. The molecule has 29 heavy (non-hydrogen) atoms. The summed E-state index contributed by atoms with van der Waals surface area (Å²) in [5, 5.41) is 10.9. The van der Waals surface area contributed by atoms with Crippen molar-refractivity contribution in [2.45, 2.75) is 32.9 Å². The number of nitrogens with one attached hydrogen (secondary N) is 2. The Labute approximate surface area is 189 Å². The van der Waals surface area contributed by atoms with Crippen molar-refractivity contribution in [2.75, 3.05) is 13.6 Å². The highest BCUT2D eigenvalue weighted by molar-refractivity contribution is 14.0. The highest BCUT2D eigenvalue weighted by Gasteiger charge is 2.06. The van der Waals surface area contributed by atoms with Crippen molar-refractivity contribution in [1.29, 1.82) is 0 Å². The molecule has 154 valence electrons. The molecule has 6 nitrogen and oxygen atoms in total. The Morgan fingerprint density at radius 1 is 1.07 bits per heavy atom. The van der Waals surface area contributed by atoms with E-state index in [-0.39, 0.29) is 24.0 Å². The molecule has 0 saturated heterocycles. The fourth-order valence-electron chi connectivity index (χ4n) is 3.03. The number of rotatable bonds is 8. The van der Waals surface area contributed by atoms with Crippen LogP contribution in [-0.2, 0) is 13.1 Å². The lowest BCUT2D eigenvalue weighted by Gasteiger charge is -2.14. The first-order chi connectivity index (χ1) is 13.8. The molecule has 0 amide bonds. The Morgan fingerprint density at radius 2 is 1.86 bits per heavy atom. The predicted octanol–water partition coefficient (Wildman–Crippen LogP) is 4.08. The first kappa shape index (κ1) is 22.9. The summed E-state index contributed by atoms with van der Waals surface area (Å²) in [4.78, 5) is 8.30. The van der Waals surface area contributed by atoms with Gasteiger partial charge in [0.15, 0.2) is 5.96 Å². The second-order valence-electron chi connectivity index (χ2n) is 6.65. The lowest BCUT2D eigenvalue weighted by atomic mass is 9.98. The van der Waals surface area contributed by atoms with Crippen LogP contribution in [0, 0.1) is 0 Å². The summed E-state index contributed by atoms with van der Waals surface area (Å²) >= 11 is 0. The maximum Gasteiger partial charge on any atom is 0.191 e. The van der Waals surface area contributed by atoms with Gasteiger partial charge < -0.3 is 10.6 Å². The van der Waals surface area contributed by atoms with E-state index < -0.39 is 0 Å². The Morgan fingerprint density at radius 3 is 2.55 bits per heavy atom.